The first kappa shape index (κ1) is 9.60. The zero-order valence-corrected chi connectivity index (χ0v) is 9.42. The van der Waals surface area contributed by atoms with Gasteiger partial charge >= 0.3 is 0 Å². The number of aldehydes is 1. The van der Waals surface area contributed by atoms with Crippen molar-refractivity contribution in [2.45, 2.75) is 6.42 Å². The van der Waals surface area contributed by atoms with Gasteiger partial charge in [0.15, 0.2) is 6.29 Å². The van der Waals surface area contributed by atoms with Crippen LogP contribution < -0.4 is 4.74 Å². The predicted molar refractivity (Wildman–Crippen MR) is 64.3 cm³/mol. The second-order valence-electron chi connectivity index (χ2n) is 3.74. The number of rotatable bonds is 2. The number of benzene rings is 1. The van der Waals surface area contributed by atoms with Gasteiger partial charge < -0.3 is 4.74 Å². The number of thiophene rings is 1. The lowest BCUT2D eigenvalue weighted by Crippen LogP contribution is -1.85. The van der Waals surface area contributed by atoms with Gasteiger partial charge in [-0.05, 0) is 41.5 Å². The van der Waals surface area contributed by atoms with Crippen LogP contribution in [-0.2, 0) is 6.42 Å². The Hall–Kier alpha value is -1.61. The van der Waals surface area contributed by atoms with E-state index in [0.717, 1.165) is 34.8 Å². The summed E-state index contributed by atoms with van der Waals surface area (Å²) in [5, 5.41) is 0. The van der Waals surface area contributed by atoms with E-state index in [-0.39, 0.29) is 0 Å². The summed E-state index contributed by atoms with van der Waals surface area (Å²) >= 11 is 1.52. The maximum absolute atomic E-state index is 10.6. The molecule has 0 fully saturated rings. The predicted octanol–water partition coefficient (Wildman–Crippen LogP) is 3.16. The molecule has 1 aromatic carbocycles. The summed E-state index contributed by atoms with van der Waals surface area (Å²) in [6.45, 7) is 0.781. The van der Waals surface area contributed by atoms with E-state index in [1.165, 1.54) is 22.5 Å². The SMILES string of the molecule is O=Cc1ccc(-c2ccc3c(c2)CCO3)s1. The van der Waals surface area contributed by atoms with Crippen molar-refractivity contribution < 1.29 is 9.53 Å². The molecule has 2 heterocycles. The maximum Gasteiger partial charge on any atom is 0.160 e. The number of hydrogen-bond acceptors (Lipinski definition) is 3. The summed E-state index contributed by atoms with van der Waals surface area (Å²) in [6.07, 6.45) is 1.87. The molecule has 80 valence electrons. The quantitative estimate of drug-likeness (QED) is 0.741. The number of carbonyl (C=O) groups is 1. The zero-order chi connectivity index (χ0) is 11.0. The van der Waals surface area contributed by atoms with Crippen LogP contribution in [0.15, 0.2) is 30.3 Å². The van der Waals surface area contributed by atoms with E-state index in [1.54, 1.807) is 0 Å². The van der Waals surface area contributed by atoms with E-state index in [9.17, 15) is 4.79 Å². The monoisotopic (exact) mass is 230 g/mol. The van der Waals surface area contributed by atoms with Gasteiger partial charge in [-0.1, -0.05) is 0 Å². The van der Waals surface area contributed by atoms with E-state index in [1.807, 2.05) is 24.3 Å². The Kier molecular flexibility index (Phi) is 2.26. The van der Waals surface area contributed by atoms with Crippen LogP contribution in [0.3, 0.4) is 0 Å². The van der Waals surface area contributed by atoms with E-state index >= 15 is 0 Å². The van der Waals surface area contributed by atoms with E-state index in [0.29, 0.717) is 0 Å². The lowest BCUT2D eigenvalue weighted by Gasteiger charge is -2.01. The van der Waals surface area contributed by atoms with Gasteiger partial charge in [-0.3, -0.25) is 4.79 Å². The highest BCUT2D eigenvalue weighted by Gasteiger charge is 2.13. The Balaban J connectivity index is 2.03. The van der Waals surface area contributed by atoms with Crippen molar-refractivity contribution >= 4 is 17.6 Å². The summed E-state index contributed by atoms with van der Waals surface area (Å²) < 4.78 is 5.46. The molecule has 1 aliphatic rings. The molecule has 2 aromatic rings. The summed E-state index contributed by atoms with van der Waals surface area (Å²) in [5.74, 6) is 0.996. The second kappa shape index (κ2) is 3.76. The smallest absolute Gasteiger partial charge is 0.160 e. The third-order valence-corrected chi connectivity index (χ3v) is 3.78. The average molecular weight is 230 g/mol. The Morgan fingerprint density at radius 2 is 2.19 bits per heavy atom. The fourth-order valence-corrected chi connectivity index (χ4v) is 2.73. The molecule has 0 amide bonds. The molecule has 3 rings (SSSR count). The maximum atomic E-state index is 10.6. The molecule has 0 atom stereocenters. The number of hydrogen-bond donors (Lipinski definition) is 0. The molecule has 3 heteroatoms. The van der Waals surface area contributed by atoms with E-state index in [4.69, 9.17) is 4.74 Å². The minimum absolute atomic E-state index is 0.770. The highest BCUT2D eigenvalue weighted by Crippen LogP contribution is 2.33. The summed E-state index contributed by atoms with van der Waals surface area (Å²) in [7, 11) is 0. The van der Waals surface area contributed by atoms with Crippen LogP contribution in [0.25, 0.3) is 10.4 Å². The molecule has 0 spiro atoms. The highest BCUT2D eigenvalue weighted by molar-refractivity contribution is 7.17. The normalized spacial score (nSPS) is 13.2. The molecule has 0 N–H and O–H groups in total. The van der Waals surface area contributed by atoms with Crippen LogP contribution in [0.2, 0.25) is 0 Å². The van der Waals surface area contributed by atoms with Crippen molar-refractivity contribution in [2.24, 2.45) is 0 Å². The van der Waals surface area contributed by atoms with Crippen molar-refractivity contribution in [1.29, 1.82) is 0 Å². The fourth-order valence-electron chi connectivity index (χ4n) is 1.91. The molecule has 2 nitrogen and oxygen atoms in total. The lowest BCUT2D eigenvalue weighted by molar-refractivity contribution is 0.112. The largest absolute Gasteiger partial charge is 0.493 e. The van der Waals surface area contributed by atoms with Crippen LogP contribution in [0.5, 0.6) is 5.75 Å². The second-order valence-corrected chi connectivity index (χ2v) is 4.86. The number of ether oxygens (including phenoxy) is 1. The van der Waals surface area contributed by atoms with Crippen molar-refractivity contribution in [3.8, 4) is 16.2 Å². The molecule has 0 radical (unpaired) electrons. The summed E-state index contributed by atoms with van der Waals surface area (Å²) in [5.41, 5.74) is 2.43. The van der Waals surface area contributed by atoms with Gasteiger partial charge in [0.2, 0.25) is 0 Å². The molecule has 0 saturated carbocycles. The molecule has 0 unspecified atom stereocenters. The van der Waals surface area contributed by atoms with Gasteiger partial charge in [-0.2, -0.15) is 0 Å². The van der Waals surface area contributed by atoms with Crippen LogP contribution >= 0.6 is 11.3 Å². The molecule has 16 heavy (non-hydrogen) atoms. The molecule has 1 aromatic heterocycles. The van der Waals surface area contributed by atoms with Gasteiger partial charge in [-0.25, -0.2) is 0 Å². The van der Waals surface area contributed by atoms with E-state index < -0.39 is 0 Å². The average Bonchev–Trinajstić information content (AvgIpc) is 2.96. The van der Waals surface area contributed by atoms with Gasteiger partial charge in [0.05, 0.1) is 11.5 Å². The third-order valence-electron chi connectivity index (χ3n) is 2.72. The van der Waals surface area contributed by atoms with Crippen LogP contribution in [0, 0.1) is 0 Å². The first-order valence-corrected chi connectivity index (χ1v) is 5.99. The van der Waals surface area contributed by atoms with Crippen molar-refractivity contribution in [2.75, 3.05) is 6.61 Å². The standard InChI is InChI=1S/C13H10O2S/c14-8-11-2-4-13(16-11)10-1-3-12-9(7-10)5-6-15-12/h1-4,7-8H,5-6H2. The molecule has 0 saturated heterocycles. The van der Waals surface area contributed by atoms with Crippen LogP contribution in [0.1, 0.15) is 15.2 Å². The van der Waals surface area contributed by atoms with Crippen molar-refractivity contribution in [3.05, 3.63) is 40.8 Å². The number of carbonyl (C=O) groups excluding carboxylic acids is 1. The van der Waals surface area contributed by atoms with Crippen LogP contribution in [0.4, 0.5) is 0 Å². The first-order chi connectivity index (χ1) is 7.86. The Morgan fingerprint density at radius 1 is 1.25 bits per heavy atom. The van der Waals surface area contributed by atoms with Crippen molar-refractivity contribution in [1.82, 2.24) is 0 Å². The van der Waals surface area contributed by atoms with Gasteiger partial charge in [0, 0.05) is 11.3 Å². The topological polar surface area (TPSA) is 26.3 Å². The molecule has 0 aliphatic carbocycles. The Labute approximate surface area is 97.5 Å². The minimum Gasteiger partial charge on any atom is -0.493 e. The van der Waals surface area contributed by atoms with Gasteiger partial charge in [-0.15, -0.1) is 11.3 Å². The molecular formula is C13H10O2S. The number of fused-ring (bicyclic) bond motifs is 1. The molecule has 1 aliphatic heterocycles. The Bertz CT molecular complexity index is 543. The molecular weight excluding hydrogens is 220 g/mol. The third kappa shape index (κ3) is 1.53. The zero-order valence-electron chi connectivity index (χ0n) is 8.60. The van der Waals surface area contributed by atoms with Crippen molar-refractivity contribution in [3.63, 3.8) is 0 Å². The fraction of sp³-hybridized carbons (Fsp3) is 0.154. The first-order valence-electron chi connectivity index (χ1n) is 5.18. The van der Waals surface area contributed by atoms with Gasteiger partial charge in [0.1, 0.15) is 5.75 Å². The summed E-state index contributed by atoms with van der Waals surface area (Å²) in [6, 6.07) is 10.1. The van der Waals surface area contributed by atoms with Gasteiger partial charge in [0.25, 0.3) is 0 Å². The highest BCUT2D eigenvalue weighted by atomic mass is 32.1. The van der Waals surface area contributed by atoms with E-state index in [2.05, 4.69) is 6.07 Å². The minimum atomic E-state index is 0.770. The Morgan fingerprint density at radius 3 is 3.00 bits per heavy atom. The lowest BCUT2D eigenvalue weighted by atomic mass is 10.1. The van der Waals surface area contributed by atoms with Crippen LogP contribution in [-0.4, -0.2) is 12.9 Å². The summed E-state index contributed by atoms with van der Waals surface area (Å²) in [4.78, 5) is 12.5. The molecule has 0 bridgehead atoms.